The number of hydrogen-bond donors (Lipinski definition) is 1. The third kappa shape index (κ3) is 3.66. The van der Waals surface area contributed by atoms with E-state index in [2.05, 4.69) is 17.4 Å². The van der Waals surface area contributed by atoms with Crippen molar-refractivity contribution < 1.29 is 9.53 Å². The summed E-state index contributed by atoms with van der Waals surface area (Å²) in [6, 6.07) is 8.15. The van der Waals surface area contributed by atoms with Gasteiger partial charge in [-0.25, -0.2) is 0 Å². The standard InChI is InChI=1S/C13H17NO2S/c1-16-11-4-2-10(3-5-11)9-17-12-6-7-13(15)14-8-12/h2-5,12H,6-9H2,1H3,(H,14,15)/t12-/m1/s1. The number of hydrogen-bond acceptors (Lipinski definition) is 3. The zero-order valence-electron chi connectivity index (χ0n) is 9.94. The lowest BCUT2D eigenvalue weighted by atomic mass is 10.1. The quantitative estimate of drug-likeness (QED) is 0.891. The zero-order chi connectivity index (χ0) is 12.1. The summed E-state index contributed by atoms with van der Waals surface area (Å²) in [5, 5.41) is 3.46. The summed E-state index contributed by atoms with van der Waals surface area (Å²) in [6.07, 6.45) is 1.66. The van der Waals surface area contributed by atoms with Crippen LogP contribution >= 0.6 is 11.8 Å². The second-order valence-electron chi connectivity index (χ2n) is 4.12. The van der Waals surface area contributed by atoms with Crippen LogP contribution in [0.3, 0.4) is 0 Å². The van der Waals surface area contributed by atoms with Gasteiger partial charge in [0, 0.05) is 24.0 Å². The number of carbonyl (C=O) groups is 1. The number of ether oxygens (including phenoxy) is 1. The van der Waals surface area contributed by atoms with Crippen LogP contribution in [0.2, 0.25) is 0 Å². The SMILES string of the molecule is COc1ccc(CS[C@@H]2CCC(=O)NC2)cc1. The lowest BCUT2D eigenvalue weighted by molar-refractivity contribution is -0.122. The molecule has 0 aromatic heterocycles. The Kier molecular flexibility index (Phi) is 4.31. The Balaban J connectivity index is 1.79. The average molecular weight is 251 g/mol. The van der Waals surface area contributed by atoms with Gasteiger partial charge in [0.2, 0.25) is 5.91 Å². The number of carbonyl (C=O) groups excluding carboxylic acids is 1. The van der Waals surface area contributed by atoms with Gasteiger partial charge in [-0.15, -0.1) is 0 Å². The zero-order valence-corrected chi connectivity index (χ0v) is 10.8. The van der Waals surface area contributed by atoms with Crippen molar-refractivity contribution in [3.05, 3.63) is 29.8 Å². The van der Waals surface area contributed by atoms with Gasteiger partial charge in [0.25, 0.3) is 0 Å². The monoisotopic (exact) mass is 251 g/mol. The number of rotatable bonds is 4. The maximum absolute atomic E-state index is 11.0. The van der Waals surface area contributed by atoms with Gasteiger partial charge < -0.3 is 10.1 Å². The highest BCUT2D eigenvalue weighted by atomic mass is 32.2. The Labute approximate surface area is 106 Å². The molecule has 1 saturated heterocycles. The summed E-state index contributed by atoms with van der Waals surface area (Å²) in [4.78, 5) is 11.0. The van der Waals surface area contributed by atoms with E-state index in [0.29, 0.717) is 11.7 Å². The first-order valence-corrected chi connectivity index (χ1v) is 6.84. The molecule has 1 amide bonds. The number of thioether (sulfide) groups is 1. The molecule has 1 aliphatic heterocycles. The first kappa shape index (κ1) is 12.3. The number of benzene rings is 1. The van der Waals surface area contributed by atoms with Crippen molar-refractivity contribution in [2.45, 2.75) is 23.8 Å². The Morgan fingerprint density at radius 1 is 1.41 bits per heavy atom. The van der Waals surface area contributed by atoms with Gasteiger partial charge >= 0.3 is 0 Å². The molecule has 0 spiro atoms. The van der Waals surface area contributed by atoms with Crippen LogP contribution in [0.5, 0.6) is 5.75 Å². The van der Waals surface area contributed by atoms with Gasteiger partial charge in [0.15, 0.2) is 0 Å². The smallest absolute Gasteiger partial charge is 0.220 e. The minimum absolute atomic E-state index is 0.186. The molecule has 1 N–H and O–H groups in total. The maximum atomic E-state index is 11.0. The van der Waals surface area contributed by atoms with Gasteiger partial charge in [0.1, 0.15) is 5.75 Å². The van der Waals surface area contributed by atoms with Crippen LogP contribution in [0.4, 0.5) is 0 Å². The molecule has 0 radical (unpaired) electrons. The van der Waals surface area contributed by atoms with E-state index < -0.39 is 0 Å². The Morgan fingerprint density at radius 3 is 2.76 bits per heavy atom. The second kappa shape index (κ2) is 5.96. The molecule has 1 atom stereocenters. The third-order valence-electron chi connectivity index (χ3n) is 2.87. The molecule has 0 aliphatic carbocycles. The fourth-order valence-electron chi connectivity index (χ4n) is 1.79. The van der Waals surface area contributed by atoms with Crippen molar-refractivity contribution in [2.24, 2.45) is 0 Å². The molecule has 92 valence electrons. The first-order chi connectivity index (χ1) is 8.28. The molecule has 1 aromatic rings. The Morgan fingerprint density at radius 2 is 2.18 bits per heavy atom. The molecule has 17 heavy (non-hydrogen) atoms. The molecule has 0 saturated carbocycles. The summed E-state index contributed by atoms with van der Waals surface area (Å²) in [5.74, 6) is 2.07. The predicted molar refractivity (Wildman–Crippen MR) is 70.3 cm³/mol. The van der Waals surface area contributed by atoms with E-state index >= 15 is 0 Å². The van der Waals surface area contributed by atoms with Crippen LogP contribution in [0.15, 0.2) is 24.3 Å². The lowest BCUT2D eigenvalue weighted by Crippen LogP contribution is -2.36. The van der Waals surface area contributed by atoms with E-state index in [-0.39, 0.29) is 5.91 Å². The molecular weight excluding hydrogens is 234 g/mol. The fourth-order valence-corrected chi connectivity index (χ4v) is 2.89. The van der Waals surface area contributed by atoms with E-state index in [4.69, 9.17) is 4.74 Å². The molecule has 1 heterocycles. The van der Waals surface area contributed by atoms with Gasteiger partial charge in [-0.1, -0.05) is 12.1 Å². The van der Waals surface area contributed by atoms with E-state index in [1.807, 2.05) is 23.9 Å². The lowest BCUT2D eigenvalue weighted by Gasteiger charge is -2.21. The molecule has 1 fully saturated rings. The Bertz CT molecular complexity index is 368. The number of amides is 1. The highest BCUT2D eigenvalue weighted by Gasteiger charge is 2.17. The third-order valence-corrected chi connectivity index (χ3v) is 4.24. The van der Waals surface area contributed by atoms with Gasteiger partial charge in [-0.3, -0.25) is 4.79 Å². The minimum Gasteiger partial charge on any atom is -0.497 e. The topological polar surface area (TPSA) is 38.3 Å². The van der Waals surface area contributed by atoms with Gasteiger partial charge in [-0.05, 0) is 24.1 Å². The van der Waals surface area contributed by atoms with Crippen molar-refractivity contribution in [1.29, 1.82) is 0 Å². The van der Waals surface area contributed by atoms with Crippen LogP contribution in [0.1, 0.15) is 18.4 Å². The summed E-state index contributed by atoms with van der Waals surface area (Å²) in [6.45, 7) is 0.805. The van der Waals surface area contributed by atoms with Crippen LogP contribution in [0, 0.1) is 0 Å². The molecular formula is C13H17NO2S. The molecule has 0 bridgehead atoms. The molecule has 1 aliphatic rings. The average Bonchev–Trinajstić information content (AvgIpc) is 2.39. The van der Waals surface area contributed by atoms with E-state index in [1.165, 1.54) is 5.56 Å². The predicted octanol–water partition coefficient (Wildman–Crippen LogP) is 2.21. The highest BCUT2D eigenvalue weighted by molar-refractivity contribution is 7.99. The van der Waals surface area contributed by atoms with Crippen LogP contribution in [-0.4, -0.2) is 24.8 Å². The normalized spacial score (nSPS) is 19.8. The van der Waals surface area contributed by atoms with E-state index in [0.717, 1.165) is 24.5 Å². The van der Waals surface area contributed by atoms with Crippen LogP contribution in [0.25, 0.3) is 0 Å². The van der Waals surface area contributed by atoms with Gasteiger partial charge in [-0.2, -0.15) is 11.8 Å². The van der Waals surface area contributed by atoms with Crippen molar-refractivity contribution in [3.63, 3.8) is 0 Å². The van der Waals surface area contributed by atoms with Crippen LogP contribution < -0.4 is 10.1 Å². The van der Waals surface area contributed by atoms with Crippen molar-refractivity contribution in [3.8, 4) is 5.75 Å². The fraction of sp³-hybridized carbons (Fsp3) is 0.462. The molecule has 1 aromatic carbocycles. The van der Waals surface area contributed by atoms with Crippen molar-refractivity contribution >= 4 is 17.7 Å². The van der Waals surface area contributed by atoms with Gasteiger partial charge in [0.05, 0.1) is 7.11 Å². The summed E-state index contributed by atoms with van der Waals surface area (Å²) >= 11 is 1.91. The molecule has 0 unspecified atom stereocenters. The van der Waals surface area contributed by atoms with Crippen LogP contribution in [-0.2, 0) is 10.5 Å². The molecule has 3 nitrogen and oxygen atoms in total. The summed E-state index contributed by atoms with van der Waals surface area (Å²) in [5.41, 5.74) is 1.30. The van der Waals surface area contributed by atoms with E-state index in [9.17, 15) is 4.79 Å². The number of methoxy groups -OCH3 is 1. The van der Waals surface area contributed by atoms with Crippen molar-refractivity contribution in [2.75, 3.05) is 13.7 Å². The second-order valence-corrected chi connectivity index (χ2v) is 5.41. The molecule has 2 rings (SSSR count). The minimum atomic E-state index is 0.186. The number of nitrogens with one attached hydrogen (secondary N) is 1. The maximum Gasteiger partial charge on any atom is 0.220 e. The largest absolute Gasteiger partial charge is 0.497 e. The van der Waals surface area contributed by atoms with Crippen molar-refractivity contribution in [1.82, 2.24) is 5.32 Å². The summed E-state index contributed by atoms with van der Waals surface area (Å²) in [7, 11) is 1.68. The highest BCUT2D eigenvalue weighted by Crippen LogP contribution is 2.24. The molecule has 4 heteroatoms. The van der Waals surface area contributed by atoms with E-state index in [1.54, 1.807) is 7.11 Å². The number of piperidine rings is 1. The first-order valence-electron chi connectivity index (χ1n) is 5.79. The summed E-state index contributed by atoms with van der Waals surface area (Å²) < 4.78 is 5.12. The Hall–Kier alpha value is -1.16.